The minimum atomic E-state index is 1.18. The Balaban J connectivity index is 2.62. The highest BCUT2D eigenvalue weighted by molar-refractivity contribution is 7.28. The summed E-state index contributed by atoms with van der Waals surface area (Å²) >= 11 is 3.62. The van der Waals surface area contributed by atoms with Gasteiger partial charge >= 0.3 is 0 Å². The van der Waals surface area contributed by atoms with Crippen molar-refractivity contribution in [1.82, 2.24) is 0 Å². The smallest absolute Gasteiger partial charge is 0.0789 e. The Kier molecular flexibility index (Phi) is 1.92. The maximum absolute atomic E-state index is 3.08. The lowest BCUT2D eigenvalue weighted by Gasteiger charge is -1.75. The van der Waals surface area contributed by atoms with Crippen LogP contribution in [0.3, 0.4) is 0 Å². The summed E-state index contributed by atoms with van der Waals surface area (Å²) in [5.74, 6) is 5.99. The van der Waals surface area contributed by atoms with Crippen LogP contribution in [-0.4, -0.2) is 0 Å². The summed E-state index contributed by atoms with van der Waals surface area (Å²) in [6, 6.07) is 4.40. The molecule has 2 aromatic heterocycles. The molecule has 0 aliphatic heterocycles. The second-order valence-corrected chi connectivity index (χ2v) is 4.94. The van der Waals surface area contributed by atoms with E-state index in [-0.39, 0.29) is 0 Å². The van der Waals surface area contributed by atoms with Crippen LogP contribution in [0.5, 0.6) is 0 Å². The van der Waals surface area contributed by atoms with Gasteiger partial charge in [0, 0.05) is 14.3 Å². The fourth-order valence-electron chi connectivity index (χ4n) is 1.14. The van der Waals surface area contributed by atoms with Crippen LogP contribution in [0.1, 0.15) is 16.7 Å². The summed E-state index contributed by atoms with van der Waals surface area (Å²) < 4.78 is 2.74. The highest BCUT2D eigenvalue weighted by Crippen LogP contribution is 2.32. The van der Waals surface area contributed by atoms with E-state index in [1.165, 1.54) is 19.2 Å². The van der Waals surface area contributed by atoms with Gasteiger partial charge in [0.2, 0.25) is 0 Å². The summed E-state index contributed by atoms with van der Waals surface area (Å²) in [5, 5.41) is 0. The molecule has 0 bridgehead atoms. The first kappa shape index (κ1) is 7.85. The highest BCUT2D eigenvalue weighted by atomic mass is 32.1. The average Bonchev–Trinajstić information content (AvgIpc) is 2.44. The third-order valence-corrected chi connectivity index (χ3v) is 3.70. The second-order valence-electron chi connectivity index (χ2n) is 2.57. The van der Waals surface area contributed by atoms with Crippen molar-refractivity contribution in [2.45, 2.75) is 13.8 Å². The number of hydrogen-bond donors (Lipinski definition) is 0. The van der Waals surface area contributed by atoms with Crippen molar-refractivity contribution in [2.75, 3.05) is 0 Å². The molecule has 2 heterocycles. The van der Waals surface area contributed by atoms with Crippen molar-refractivity contribution in [1.29, 1.82) is 0 Å². The van der Waals surface area contributed by atoms with E-state index in [1.54, 1.807) is 11.3 Å². The van der Waals surface area contributed by atoms with Gasteiger partial charge in [-0.05, 0) is 26.0 Å². The summed E-state index contributed by atoms with van der Waals surface area (Å²) in [4.78, 5) is 2.56. The topological polar surface area (TPSA) is 0 Å². The lowest BCUT2D eigenvalue weighted by Crippen LogP contribution is -1.56. The molecule has 0 aliphatic rings. The predicted molar refractivity (Wildman–Crippen MR) is 57.0 cm³/mol. The van der Waals surface area contributed by atoms with Gasteiger partial charge in [-0.3, -0.25) is 0 Å². The Bertz CT molecular complexity index is 431. The van der Waals surface area contributed by atoms with Crippen molar-refractivity contribution in [3.63, 3.8) is 0 Å². The number of fused-ring (bicyclic) bond motifs is 1. The van der Waals surface area contributed by atoms with Crippen LogP contribution in [0.15, 0.2) is 12.1 Å². The lowest BCUT2D eigenvalue weighted by molar-refractivity contribution is 1.66. The number of rotatable bonds is 0. The first-order valence-electron chi connectivity index (χ1n) is 3.72. The van der Waals surface area contributed by atoms with Crippen molar-refractivity contribution >= 4 is 32.1 Å². The molecule has 12 heavy (non-hydrogen) atoms. The summed E-state index contributed by atoms with van der Waals surface area (Å²) in [7, 11) is 0. The molecule has 60 valence electrons. The van der Waals surface area contributed by atoms with E-state index in [0.717, 1.165) is 0 Å². The molecule has 0 fully saturated rings. The average molecular weight is 192 g/mol. The number of hydrogen-bond acceptors (Lipinski definition) is 2. The fourth-order valence-corrected chi connectivity index (χ4v) is 3.36. The molecule has 0 saturated carbocycles. The molecule has 0 aliphatic carbocycles. The van der Waals surface area contributed by atoms with E-state index in [9.17, 15) is 0 Å². The van der Waals surface area contributed by atoms with E-state index >= 15 is 0 Å². The Morgan fingerprint density at radius 1 is 1.17 bits per heavy atom. The van der Waals surface area contributed by atoms with E-state index in [0.29, 0.717) is 0 Å². The molecule has 0 unspecified atom stereocenters. The third-order valence-electron chi connectivity index (χ3n) is 1.58. The Labute approximate surface area is 79.9 Å². The Morgan fingerprint density at radius 3 is 2.58 bits per heavy atom. The molecular weight excluding hydrogens is 184 g/mol. The lowest BCUT2D eigenvalue weighted by atomic mass is 10.4. The summed E-state index contributed by atoms with van der Waals surface area (Å²) in [6.45, 7) is 4.02. The van der Waals surface area contributed by atoms with Crippen LogP contribution in [0.2, 0.25) is 0 Å². The van der Waals surface area contributed by atoms with Gasteiger partial charge in [0.25, 0.3) is 0 Å². The molecule has 2 heteroatoms. The minimum Gasteiger partial charge on any atom is -0.140 e. The number of aryl methyl sites for hydroxylation is 1. The van der Waals surface area contributed by atoms with Crippen molar-refractivity contribution < 1.29 is 0 Å². The normalized spacial score (nSPS) is 9.83. The summed E-state index contributed by atoms with van der Waals surface area (Å²) in [6.07, 6.45) is 0. The monoisotopic (exact) mass is 192 g/mol. The predicted octanol–water partition coefficient (Wildman–Crippen LogP) is 3.64. The molecule has 2 rings (SSSR count). The first-order valence-corrected chi connectivity index (χ1v) is 5.35. The van der Waals surface area contributed by atoms with Crippen LogP contribution in [-0.2, 0) is 0 Å². The van der Waals surface area contributed by atoms with Crippen LogP contribution >= 0.6 is 22.7 Å². The van der Waals surface area contributed by atoms with Gasteiger partial charge in [-0.1, -0.05) is 5.92 Å². The molecule has 0 saturated heterocycles. The quantitative estimate of drug-likeness (QED) is 0.559. The SMILES string of the molecule is CC#Cc1cc2sc(C)cc2s1. The molecule has 0 atom stereocenters. The van der Waals surface area contributed by atoms with Gasteiger partial charge in [0.15, 0.2) is 0 Å². The standard InChI is InChI=1S/C10H8S2/c1-3-4-8-6-10-9(12-8)5-7(2)11-10/h5-6H,1-2H3. The molecule has 0 spiro atoms. The van der Waals surface area contributed by atoms with E-state index < -0.39 is 0 Å². The van der Waals surface area contributed by atoms with Crippen molar-refractivity contribution in [2.24, 2.45) is 0 Å². The Morgan fingerprint density at radius 2 is 1.92 bits per heavy atom. The van der Waals surface area contributed by atoms with E-state index in [1.807, 2.05) is 18.3 Å². The van der Waals surface area contributed by atoms with Gasteiger partial charge in [0.05, 0.1) is 4.88 Å². The van der Waals surface area contributed by atoms with E-state index in [2.05, 4.69) is 30.9 Å². The van der Waals surface area contributed by atoms with Gasteiger partial charge < -0.3 is 0 Å². The van der Waals surface area contributed by atoms with Gasteiger partial charge in [-0.25, -0.2) is 0 Å². The minimum absolute atomic E-state index is 1.18. The van der Waals surface area contributed by atoms with Crippen molar-refractivity contribution in [3.8, 4) is 11.8 Å². The maximum Gasteiger partial charge on any atom is 0.0789 e. The van der Waals surface area contributed by atoms with E-state index in [4.69, 9.17) is 0 Å². The number of thiophene rings is 2. The van der Waals surface area contributed by atoms with Gasteiger partial charge in [-0.15, -0.1) is 28.6 Å². The largest absolute Gasteiger partial charge is 0.140 e. The first-order chi connectivity index (χ1) is 5.79. The molecular formula is C10H8S2. The highest BCUT2D eigenvalue weighted by Gasteiger charge is 2.01. The zero-order valence-corrected chi connectivity index (χ0v) is 8.60. The van der Waals surface area contributed by atoms with Gasteiger partial charge in [0.1, 0.15) is 0 Å². The maximum atomic E-state index is 3.08. The fraction of sp³-hybridized carbons (Fsp3) is 0.200. The molecule has 2 aromatic rings. The third kappa shape index (κ3) is 1.26. The molecule has 0 N–H and O–H groups in total. The molecule has 0 aromatic carbocycles. The summed E-state index contributed by atoms with van der Waals surface area (Å²) in [5.41, 5.74) is 0. The van der Waals surface area contributed by atoms with Crippen LogP contribution in [0.25, 0.3) is 9.40 Å². The van der Waals surface area contributed by atoms with Crippen molar-refractivity contribution in [3.05, 3.63) is 21.9 Å². The zero-order chi connectivity index (χ0) is 8.55. The molecule has 0 amide bonds. The zero-order valence-electron chi connectivity index (χ0n) is 6.97. The second kappa shape index (κ2) is 2.93. The van der Waals surface area contributed by atoms with Crippen LogP contribution in [0.4, 0.5) is 0 Å². The van der Waals surface area contributed by atoms with Crippen LogP contribution < -0.4 is 0 Å². The van der Waals surface area contributed by atoms with Gasteiger partial charge in [-0.2, -0.15) is 0 Å². The molecule has 0 nitrogen and oxygen atoms in total. The Hall–Kier alpha value is -0.780. The molecule has 0 radical (unpaired) electrons. The van der Waals surface area contributed by atoms with Crippen LogP contribution in [0, 0.1) is 18.8 Å².